The zero-order chi connectivity index (χ0) is 10.1. The van der Waals surface area contributed by atoms with Crippen LogP contribution in [0.2, 0.25) is 0 Å². The first-order valence-electron chi connectivity index (χ1n) is 5.26. The second kappa shape index (κ2) is 3.64. The lowest BCUT2D eigenvalue weighted by atomic mass is 9.86. The van der Waals surface area contributed by atoms with Crippen LogP contribution in [-0.2, 0) is 9.53 Å². The summed E-state index contributed by atoms with van der Waals surface area (Å²) in [6.07, 6.45) is 5.69. The first kappa shape index (κ1) is 9.56. The molecule has 3 heteroatoms. The number of ether oxygens (including phenoxy) is 1. The number of fused-ring (bicyclic) bond motifs is 4. The van der Waals surface area contributed by atoms with Crippen LogP contribution in [0.4, 0.5) is 0 Å². The summed E-state index contributed by atoms with van der Waals surface area (Å²) in [7, 11) is 0. The molecule has 3 fully saturated rings. The minimum Gasteiger partial charge on any atom is -0.494 e. The Labute approximate surface area is 83.8 Å². The van der Waals surface area contributed by atoms with E-state index in [1.54, 1.807) is 6.92 Å². The average Bonchev–Trinajstić information content (AvgIpc) is 2.48. The summed E-state index contributed by atoms with van der Waals surface area (Å²) < 4.78 is 5.72. The minimum absolute atomic E-state index is 0.276. The summed E-state index contributed by atoms with van der Waals surface area (Å²) in [5, 5.41) is 8.88. The van der Waals surface area contributed by atoms with E-state index in [1.807, 2.05) is 0 Å². The second-order valence-corrected chi connectivity index (χ2v) is 4.32. The van der Waals surface area contributed by atoms with Crippen molar-refractivity contribution in [2.45, 2.75) is 45.1 Å². The van der Waals surface area contributed by atoms with Crippen LogP contribution in [-0.4, -0.2) is 17.2 Å². The number of carboxylic acids is 1. The lowest BCUT2D eigenvalue weighted by molar-refractivity contribution is -0.132. The largest absolute Gasteiger partial charge is 0.494 e. The fourth-order valence-corrected chi connectivity index (χ4v) is 2.33. The first-order valence-corrected chi connectivity index (χ1v) is 5.26. The van der Waals surface area contributed by atoms with Crippen molar-refractivity contribution in [2.75, 3.05) is 0 Å². The number of rotatable bonds is 1. The molecule has 3 aliphatic rings. The predicted octanol–water partition coefficient (Wildman–Crippen LogP) is 2.32. The first-order chi connectivity index (χ1) is 6.66. The summed E-state index contributed by atoms with van der Waals surface area (Å²) in [5.74, 6) is 0.529. The van der Waals surface area contributed by atoms with Crippen molar-refractivity contribution < 1.29 is 14.6 Å². The van der Waals surface area contributed by atoms with E-state index in [9.17, 15) is 4.79 Å². The van der Waals surface area contributed by atoms with E-state index in [0.717, 1.165) is 25.0 Å². The topological polar surface area (TPSA) is 46.5 Å². The van der Waals surface area contributed by atoms with E-state index < -0.39 is 5.97 Å². The van der Waals surface area contributed by atoms with Gasteiger partial charge >= 0.3 is 5.97 Å². The van der Waals surface area contributed by atoms with Gasteiger partial charge in [0.15, 0.2) is 0 Å². The lowest BCUT2D eigenvalue weighted by Gasteiger charge is -2.21. The Kier molecular flexibility index (Phi) is 2.48. The fourth-order valence-electron chi connectivity index (χ4n) is 2.33. The van der Waals surface area contributed by atoms with E-state index in [-0.39, 0.29) is 6.10 Å². The Hall–Kier alpha value is -0.990. The smallest absolute Gasteiger partial charge is 0.334 e. The van der Waals surface area contributed by atoms with Gasteiger partial charge in [-0.05, 0) is 38.5 Å². The van der Waals surface area contributed by atoms with Gasteiger partial charge in [0.05, 0.1) is 11.7 Å². The third-order valence-electron chi connectivity index (χ3n) is 3.32. The standard InChI is InChI=1S/C11H16O3/c1-7(11(12)13)10-6-8-2-4-9(14-10)5-3-8/h8-9H,2-6H2,1H3,(H,12,13). The quantitative estimate of drug-likeness (QED) is 0.655. The van der Waals surface area contributed by atoms with E-state index in [4.69, 9.17) is 9.84 Å². The van der Waals surface area contributed by atoms with E-state index in [2.05, 4.69) is 0 Å². The normalized spacial score (nSPS) is 34.6. The molecule has 2 heterocycles. The maximum absolute atomic E-state index is 10.8. The third-order valence-corrected chi connectivity index (χ3v) is 3.32. The molecule has 1 aliphatic carbocycles. The molecule has 0 amide bonds. The lowest BCUT2D eigenvalue weighted by Crippen LogP contribution is -2.15. The number of hydrogen-bond acceptors (Lipinski definition) is 2. The molecule has 1 saturated carbocycles. The molecule has 0 aromatic rings. The highest BCUT2D eigenvalue weighted by molar-refractivity contribution is 5.86. The molecule has 0 spiro atoms. The molecule has 1 N–H and O–H groups in total. The van der Waals surface area contributed by atoms with Gasteiger partial charge in [-0.3, -0.25) is 0 Å². The van der Waals surface area contributed by atoms with Crippen LogP contribution in [0.15, 0.2) is 11.3 Å². The van der Waals surface area contributed by atoms with Crippen molar-refractivity contribution in [3.8, 4) is 0 Å². The minimum atomic E-state index is -0.846. The fraction of sp³-hybridized carbons (Fsp3) is 0.727. The molecule has 3 nitrogen and oxygen atoms in total. The molecule has 3 rings (SSSR count). The zero-order valence-electron chi connectivity index (χ0n) is 8.45. The van der Waals surface area contributed by atoms with Gasteiger partial charge in [0.1, 0.15) is 5.76 Å². The maximum atomic E-state index is 10.8. The van der Waals surface area contributed by atoms with Crippen molar-refractivity contribution >= 4 is 5.97 Å². The van der Waals surface area contributed by atoms with Crippen LogP contribution in [0, 0.1) is 5.92 Å². The van der Waals surface area contributed by atoms with Crippen molar-refractivity contribution in [1.29, 1.82) is 0 Å². The average molecular weight is 196 g/mol. The molecule has 2 aliphatic heterocycles. The molecule has 14 heavy (non-hydrogen) atoms. The van der Waals surface area contributed by atoms with Crippen LogP contribution in [0.25, 0.3) is 0 Å². The summed E-state index contributed by atoms with van der Waals surface area (Å²) in [4.78, 5) is 10.8. The third kappa shape index (κ3) is 1.76. The molecule has 0 aromatic heterocycles. The zero-order valence-corrected chi connectivity index (χ0v) is 8.45. The van der Waals surface area contributed by atoms with Crippen LogP contribution in [0.3, 0.4) is 0 Å². The highest BCUT2D eigenvalue weighted by atomic mass is 16.5. The number of carboxylic acid groups (broad SMARTS) is 1. The Morgan fingerprint density at radius 2 is 2.00 bits per heavy atom. The van der Waals surface area contributed by atoms with Gasteiger partial charge in [-0.2, -0.15) is 0 Å². The summed E-state index contributed by atoms with van der Waals surface area (Å²) >= 11 is 0. The predicted molar refractivity (Wildman–Crippen MR) is 51.8 cm³/mol. The molecule has 0 radical (unpaired) electrons. The van der Waals surface area contributed by atoms with E-state index in [0.29, 0.717) is 11.5 Å². The Morgan fingerprint density at radius 1 is 1.36 bits per heavy atom. The molecule has 0 unspecified atom stereocenters. The van der Waals surface area contributed by atoms with Gasteiger partial charge in [-0.25, -0.2) is 4.79 Å². The summed E-state index contributed by atoms with van der Waals surface area (Å²) in [6.45, 7) is 1.64. The van der Waals surface area contributed by atoms with Crippen molar-refractivity contribution in [3.63, 3.8) is 0 Å². The number of aliphatic carboxylic acids is 1. The Bertz CT molecular complexity index is 256. The number of hydrogen-bond donors (Lipinski definition) is 1. The van der Waals surface area contributed by atoms with Crippen molar-refractivity contribution in [2.24, 2.45) is 5.92 Å². The molecular formula is C11H16O3. The highest BCUT2D eigenvalue weighted by Gasteiger charge is 2.30. The van der Waals surface area contributed by atoms with Gasteiger partial charge < -0.3 is 9.84 Å². The molecule has 2 saturated heterocycles. The highest BCUT2D eigenvalue weighted by Crippen LogP contribution is 2.37. The Morgan fingerprint density at radius 3 is 2.57 bits per heavy atom. The molecular weight excluding hydrogens is 180 g/mol. The van der Waals surface area contributed by atoms with E-state index in [1.165, 1.54) is 12.8 Å². The number of carbonyl (C=O) groups is 1. The Balaban J connectivity index is 2.22. The maximum Gasteiger partial charge on any atom is 0.334 e. The summed E-state index contributed by atoms with van der Waals surface area (Å²) in [6, 6.07) is 0. The SMILES string of the molecule is CC(C(=O)O)=C1CC2CCC(CC2)O1. The van der Waals surface area contributed by atoms with Crippen LogP contribution >= 0.6 is 0 Å². The summed E-state index contributed by atoms with van der Waals surface area (Å²) in [5.41, 5.74) is 0.392. The molecule has 2 bridgehead atoms. The second-order valence-electron chi connectivity index (χ2n) is 4.32. The molecule has 0 aromatic carbocycles. The number of allylic oxidation sites excluding steroid dienone is 1. The van der Waals surface area contributed by atoms with Crippen LogP contribution < -0.4 is 0 Å². The van der Waals surface area contributed by atoms with Crippen molar-refractivity contribution in [1.82, 2.24) is 0 Å². The van der Waals surface area contributed by atoms with Crippen molar-refractivity contribution in [3.05, 3.63) is 11.3 Å². The van der Waals surface area contributed by atoms with Gasteiger partial charge in [-0.15, -0.1) is 0 Å². The van der Waals surface area contributed by atoms with Gasteiger partial charge in [0, 0.05) is 6.42 Å². The van der Waals surface area contributed by atoms with E-state index >= 15 is 0 Å². The van der Waals surface area contributed by atoms with Gasteiger partial charge in [0.25, 0.3) is 0 Å². The van der Waals surface area contributed by atoms with Crippen LogP contribution in [0.5, 0.6) is 0 Å². The molecule has 0 atom stereocenters. The van der Waals surface area contributed by atoms with Gasteiger partial charge in [0.2, 0.25) is 0 Å². The van der Waals surface area contributed by atoms with Crippen LogP contribution in [0.1, 0.15) is 39.0 Å². The van der Waals surface area contributed by atoms with Gasteiger partial charge in [-0.1, -0.05) is 0 Å². The monoisotopic (exact) mass is 196 g/mol. The molecule has 78 valence electrons.